The molecule has 0 unspecified atom stereocenters. The Morgan fingerprint density at radius 3 is 2.70 bits per heavy atom. The van der Waals surface area contributed by atoms with Gasteiger partial charge in [-0.15, -0.1) is 0 Å². The lowest BCUT2D eigenvalue weighted by atomic mass is 10.1. The molecule has 0 spiro atoms. The Morgan fingerprint density at radius 1 is 1.11 bits per heavy atom. The second kappa shape index (κ2) is 9.56. The number of benzene rings is 2. The van der Waals surface area contributed by atoms with Crippen molar-refractivity contribution in [2.75, 3.05) is 6.54 Å². The molecule has 1 N–H and O–H groups in total. The standard InChI is InChI=1S/C22H26ClN3O/c1-2-3-15-26-20-12-7-6-11-19(20)25-21(26)13-8-14-24-22(27)16-17-9-4-5-10-18(17)23/h4-7,9-12H,2-3,8,13-16H2,1H3,(H,24,27). The third-order valence-corrected chi connectivity index (χ3v) is 5.05. The van der Waals surface area contributed by atoms with Crippen molar-refractivity contribution in [3.05, 3.63) is 64.9 Å². The molecule has 0 aliphatic rings. The van der Waals surface area contributed by atoms with Gasteiger partial charge >= 0.3 is 0 Å². The molecule has 1 amide bonds. The van der Waals surface area contributed by atoms with Crippen molar-refractivity contribution in [2.24, 2.45) is 0 Å². The molecule has 0 aliphatic carbocycles. The Bertz CT molecular complexity index is 903. The molecule has 142 valence electrons. The van der Waals surface area contributed by atoms with E-state index < -0.39 is 0 Å². The molecule has 0 atom stereocenters. The molecule has 2 aromatic carbocycles. The van der Waals surface area contributed by atoms with Crippen LogP contribution in [0.2, 0.25) is 5.02 Å². The Balaban J connectivity index is 1.54. The van der Waals surface area contributed by atoms with Crippen molar-refractivity contribution in [3.8, 4) is 0 Å². The summed E-state index contributed by atoms with van der Waals surface area (Å²) in [4.78, 5) is 16.9. The van der Waals surface area contributed by atoms with Crippen LogP contribution in [0.1, 0.15) is 37.6 Å². The number of hydrogen-bond acceptors (Lipinski definition) is 2. The number of para-hydroxylation sites is 2. The van der Waals surface area contributed by atoms with Crippen molar-refractivity contribution < 1.29 is 4.79 Å². The topological polar surface area (TPSA) is 46.9 Å². The fraction of sp³-hybridized carbons (Fsp3) is 0.364. The smallest absolute Gasteiger partial charge is 0.224 e. The number of nitrogens with one attached hydrogen (secondary N) is 1. The molecule has 1 heterocycles. The summed E-state index contributed by atoms with van der Waals surface area (Å²) in [6, 6.07) is 15.7. The summed E-state index contributed by atoms with van der Waals surface area (Å²) in [6.45, 7) is 3.83. The molecule has 0 saturated heterocycles. The highest BCUT2D eigenvalue weighted by Crippen LogP contribution is 2.18. The van der Waals surface area contributed by atoms with Crippen LogP contribution in [0.25, 0.3) is 11.0 Å². The van der Waals surface area contributed by atoms with Gasteiger partial charge in [-0.25, -0.2) is 4.98 Å². The van der Waals surface area contributed by atoms with Crippen LogP contribution in [-0.4, -0.2) is 22.0 Å². The molecular formula is C22H26ClN3O. The van der Waals surface area contributed by atoms with E-state index in [1.54, 1.807) is 0 Å². The number of aromatic nitrogens is 2. The molecule has 5 heteroatoms. The van der Waals surface area contributed by atoms with E-state index in [0.717, 1.165) is 49.1 Å². The van der Waals surface area contributed by atoms with E-state index in [-0.39, 0.29) is 5.91 Å². The average molecular weight is 384 g/mol. The van der Waals surface area contributed by atoms with Gasteiger partial charge in [0.1, 0.15) is 5.82 Å². The highest BCUT2D eigenvalue weighted by Gasteiger charge is 2.10. The van der Waals surface area contributed by atoms with Crippen molar-refractivity contribution in [3.63, 3.8) is 0 Å². The van der Waals surface area contributed by atoms with Crippen LogP contribution in [0.4, 0.5) is 0 Å². The quantitative estimate of drug-likeness (QED) is 0.540. The number of fused-ring (bicyclic) bond motifs is 1. The molecule has 4 nitrogen and oxygen atoms in total. The maximum absolute atomic E-state index is 12.1. The molecule has 0 aliphatic heterocycles. The minimum absolute atomic E-state index is 0.00239. The molecule has 0 radical (unpaired) electrons. The molecule has 27 heavy (non-hydrogen) atoms. The number of amides is 1. The Hall–Kier alpha value is -2.33. The van der Waals surface area contributed by atoms with Gasteiger partial charge in [-0.3, -0.25) is 4.79 Å². The fourth-order valence-electron chi connectivity index (χ4n) is 3.23. The first-order valence-electron chi connectivity index (χ1n) is 9.63. The maximum atomic E-state index is 12.1. The average Bonchev–Trinajstić information content (AvgIpc) is 3.03. The van der Waals surface area contributed by atoms with Gasteiger partial charge in [-0.05, 0) is 36.6 Å². The zero-order chi connectivity index (χ0) is 19.1. The number of aryl methyl sites for hydroxylation is 2. The summed E-state index contributed by atoms with van der Waals surface area (Å²) in [7, 11) is 0. The third-order valence-electron chi connectivity index (χ3n) is 4.68. The van der Waals surface area contributed by atoms with Crippen LogP contribution in [0, 0.1) is 0 Å². The van der Waals surface area contributed by atoms with E-state index in [1.165, 1.54) is 5.52 Å². The zero-order valence-corrected chi connectivity index (χ0v) is 16.5. The number of carbonyl (C=O) groups is 1. The van der Waals surface area contributed by atoms with Crippen LogP contribution >= 0.6 is 11.6 Å². The summed E-state index contributed by atoms with van der Waals surface area (Å²) >= 11 is 6.12. The largest absolute Gasteiger partial charge is 0.356 e. The summed E-state index contributed by atoms with van der Waals surface area (Å²) in [5, 5.41) is 3.63. The van der Waals surface area contributed by atoms with Crippen molar-refractivity contribution >= 4 is 28.5 Å². The van der Waals surface area contributed by atoms with E-state index in [9.17, 15) is 4.79 Å². The van der Waals surface area contributed by atoms with E-state index >= 15 is 0 Å². The lowest BCUT2D eigenvalue weighted by Crippen LogP contribution is -2.26. The highest BCUT2D eigenvalue weighted by atomic mass is 35.5. The van der Waals surface area contributed by atoms with E-state index in [4.69, 9.17) is 16.6 Å². The molecular weight excluding hydrogens is 358 g/mol. The number of imidazole rings is 1. The molecule has 0 saturated carbocycles. The SMILES string of the molecule is CCCCn1c(CCCNC(=O)Cc2ccccc2Cl)nc2ccccc21. The minimum atomic E-state index is 0.00239. The molecule has 1 aromatic heterocycles. The van der Waals surface area contributed by atoms with Crippen LogP contribution in [0.15, 0.2) is 48.5 Å². The third kappa shape index (κ3) is 5.10. The lowest BCUT2D eigenvalue weighted by molar-refractivity contribution is -0.120. The maximum Gasteiger partial charge on any atom is 0.224 e. The molecule has 0 bridgehead atoms. The van der Waals surface area contributed by atoms with Gasteiger partial charge in [-0.1, -0.05) is 55.3 Å². The van der Waals surface area contributed by atoms with Gasteiger partial charge in [0.05, 0.1) is 17.5 Å². The highest BCUT2D eigenvalue weighted by molar-refractivity contribution is 6.31. The van der Waals surface area contributed by atoms with Gasteiger partial charge in [0.15, 0.2) is 0 Å². The first-order chi connectivity index (χ1) is 13.2. The Kier molecular flexibility index (Phi) is 6.88. The van der Waals surface area contributed by atoms with E-state index in [1.807, 2.05) is 30.3 Å². The monoisotopic (exact) mass is 383 g/mol. The predicted molar refractivity (Wildman–Crippen MR) is 111 cm³/mol. The summed E-state index contributed by atoms with van der Waals surface area (Å²) in [6.07, 6.45) is 4.33. The molecule has 0 fully saturated rings. The Labute approximate surface area is 165 Å². The summed E-state index contributed by atoms with van der Waals surface area (Å²) in [5.41, 5.74) is 3.10. The second-order valence-electron chi connectivity index (χ2n) is 6.74. The number of halogens is 1. The minimum Gasteiger partial charge on any atom is -0.356 e. The van der Waals surface area contributed by atoms with Crippen LogP contribution in [-0.2, 0) is 24.2 Å². The van der Waals surface area contributed by atoms with Gasteiger partial charge in [0.25, 0.3) is 0 Å². The zero-order valence-electron chi connectivity index (χ0n) is 15.7. The first kappa shape index (κ1) is 19.4. The second-order valence-corrected chi connectivity index (χ2v) is 7.15. The number of hydrogen-bond donors (Lipinski definition) is 1. The lowest BCUT2D eigenvalue weighted by Gasteiger charge is -2.09. The van der Waals surface area contributed by atoms with Gasteiger partial charge in [-0.2, -0.15) is 0 Å². The number of rotatable bonds is 9. The van der Waals surface area contributed by atoms with Crippen molar-refractivity contribution in [1.82, 2.24) is 14.9 Å². The van der Waals surface area contributed by atoms with Crippen molar-refractivity contribution in [2.45, 2.75) is 45.6 Å². The molecule has 3 aromatic rings. The normalized spacial score (nSPS) is 11.0. The van der Waals surface area contributed by atoms with Crippen LogP contribution in [0.3, 0.4) is 0 Å². The number of unbranched alkanes of at least 4 members (excludes halogenated alkanes) is 1. The van der Waals surface area contributed by atoms with Gasteiger partial charge in [0.2, 0.25) is 5.91 Å². The van der Waals surface area contributed by atoms with Crippen LogP contribution < -0.4 is 5.32 Å². The molecule has 3 rings (SSSR count). The number of nitrogens with zero attached hydrogens (tertiary/aromatic N) is 2. The fourth-order valence-corrected chi connectivity index (χ4v) is 3.44. The van der Waals surface area contributed by atoms with E-state index in [2.05, 4.69) is 35.0 Å². The Morgan fingerprint density at radius 2 is 1.89 bits per heavy atom. The number of carbonyl (C=O) groups excluding carboxylic acids is 1. The summed E-state index contributed by atoms with van der Waals surface area (Å²) < 4.78 is 2.32. The predicted octanol–water partition coefficient (Wildman–Crippen LogP) is 4.78. The first-order valence-corrected chi connectivity index (χ1v) is 10.0. The van der Waals surface area contributed by atoms with Crippen LogP contribution in [0.5, 0.6) is 0 Å². The van der Waals surface area contributed by atoms with E-state index in [0.29, 0.717) is 18.0 Å². The van der Waals surface area contributed by atoms with Crippen molar-refractivity contribution in [1.29, 1.82) is 0 Å². The van der Waals surface area contributed by atoms with Gasteiger partial charge in [0, 0.05) is 24.5 Å². The van der Waals surface area contributed by atoms with Gasteiger partial charge < -0.3 is 9.88 Å². The summed E-state index contributed by atoms with van der Waals surface area (Å²) in [5.74, 6) is 1.10.